The first-order valence-corrected chi connectivity index (χ1v) is 16.0. The molecule has 2 N–H and O–H groups in total. The number of rotatable bonds is 8. The van der Waals surface area contributed by atoms with E-state index in [0.717, 1.165) is 48.2 Å². The molecule has 3 aromatic rings. The Hall–Kier alpha value is -2.88. The van der Waals surface area contributed by atoms with Crippen molar-refractivity contribution in [2.75, 3.05) is 26.7 Å². The van der Waals surface area contributed by atoms with Crippen LogP contribution in [0.3, 0.4) is 0 Å². The zero-order valence-electron chi connectivity index (χ0n) is 24.5. The molecule has 0 fully saturated rings. The lowest BCUT2D eigenvalue weighted by Gasteiger charge is -2.42. The maximum absolute atomic E-state index is 12.8. The number of aryl methyl sites for hydroxylation is 1. The van der Waals surface area contributed by atoms with Gasteiger partial charge in [-0.25, -0.2) is 0 Å². The lowest BCUT2D eigenvalue weighted by molar-refractivity contribution is -0.143. The summed E-state index contributed by atoms with van der Waals surface area (Å²) in [5.41, 5.74) is 6.83. The van der Waals surface area contributed by atoms with Crippen LogP contribution >= 0.6 is 10.8 Å². The average molecular weight is 579 g/mol. The minimum Gasteiger partial charge on any atom is -0.487 e. The van der Waals surface area contributed by atoms with Crippen LogP contribution < -0.4 is 4.74 Å². The minimum atomic E-state index is -3.27. The molecular formula is C33H42N2O5S. The monoisotopic (exact) mass is 578 g/mol. The van der Waals surface area contributed by atoms with Gasteiger partial charge in [-0.15, -0.1) is 10.8 Å². The van der Waals surface area contributed by atoms with Crippen LogP contribution in [0.5, 0.6) is 5.75 Å². The van der Waals surface area contributed by atoms with Crippen LogP contribution in [0.2, 0.25) is 0 Å². The van der Waals surface area contributed by atoms with E-state index in [9.17, 15) is 13.9 Å². The lowest BCUT2D eigenvalue weighted by atomic mass is 9.84. The van der Waals surface area contributed by atoms with Gasteiger partial charge in [-0.2, -0.15) is 4.31 Å². The first kappa shape index (κ1) is 29.6. The molecule has 0 spiro atoms. The van der Waals surface area contributed by atoms with Gasteiger partial charge in [0, 0.05) is 25.6 Å². The van der Waals surface area contributed by atoms with Crippen molar-refractivity contribution in [3.05, 3.63) is 94.0 Å². The molecule has 2 heterocycles. The Balaban J connectivity index is 1.50. The predicted octanol–water partition coefficient (Wildman–Crippen LogP) is 6.77. The first-order chi connectivity index (χ1) is 19.7. The molecule has 220 valence electrons. The van der Waals surface area contributed by atoms with Crippen LogP contribution in [0.15, 0.2) is 65.6 Å². The second-order valence-electron chi connectivity index (χ2n) is 11.2. The summed E-state index contributed by atoms with van der Waals surface area (Å²) in [5.74, 6) is 0.133. The molecule has 2 aliphatic heterocycles. The van der Waals surface area contributed by atoms with Crippen molar-refractivity contribution in [3.8, 4) is 5.75 Å². The summed E-state index contributed by atoms with van der Waals surface area (Å²) in [7, 11) is -1.13. The number of nitrogens with zero attached hydrogens (tertiary/aromatic N) is 2. The number of carbonyl (C=O) groups excluding carboxylic acids is 1. The number of fused-ring (bicyclic) bond motifs is 2. The van der Waals surface area contributed by atoms with Crippen molar-refractivity contribution in [2.45, 2.75) is 70.0 Å². The van der Waals surface area contributed by atoms with Gasteiger partial charge in [0.2, 0.25) is 0 Å². The molecule has 0 saturated heterocycles. The van der Waals surface area contributed by atoms with Crippen LogP contribution in [0.4, 0.5) is 0 Å². The van der Waals surface area contributed by atoms with Gasteiger partial charge in [0.05, 0.1) is 19.6 Å². The van der Waals surface area contributed by atoms with Gasteiger partial charge in [-0.1, -0.05) is 55.5 Å². The summed E-state index contributed by atoms with van der Waals surface area (Å²) < 4.78 is 36.4. The van der Waals surface area contributed by atoms with Crippen LogP contribution in [0.1, 0.15) is 66.0 Å². The maximum Gasteiger partial charge on any atom is 0.306 e. The van der Waals surface area contributed by atoms with Gasteiger partial charge in [0.25, 0.3) is 0 Å². The summed E-state index contributed by atoms with van der Waals surface area (Å²) in [6.45, 7) is 8.95. The second-order valence-corrected chi connectivity index (χ2v) is 13.2. The molecule has 2 atom stereocenters. The van der Waals surface area contributed by atoms with E-state index in [4.69, 9.17) is 9.47 Å². The highest BCUT2D eigenvalue weighted by atomic mass is 32.3. The third kappa shape index (κ3) is 6.47. The molecule has 0 radical (unpaired) electrons. The van der Waals surface area contributed by atoms with Gasteiger partial charge in [-0.05, 0) is 79.3 Å². The molecule has 7 nitrogen and oxygen atoms in total. The van der Waals surface area contributed by atoms with Gasteiger partial charge in [0.15, 0.2) is 0 Å². The topological polar surface area (TPSA) is 82.5 Å². The van der Waals surface area contributed by atoms with Crippen molar-refractivity contribution >= 4 is 16.7 Å². The quantitative estimate of drug-likeness (QED) is 0.286. The molecule has 3 aromatic carbocycles. The molecule has 8 heteroatoms. The van der Waals surface area contributed by atoms with Crippen LogP contribution in [-0.2, 0) is 29.0 Å². The van der Waals surface area contributed by atoms with Crippen LogP contribution in [0, 0.1) is 6.92 Å². The number of carbonyl (C=O) groups is 1. The smallest absolute Gasteiger partial charge is 0.306 e. The van der Waals surface area contributed by atoms with E-state index in [1.54, 1.807) is 16.4 Å². The first-order valence-electron chi connectivity index (χ1n) is 14.5. The molecule has 41 heavy (non-hydrogen) atoms. The Bertz CT molecular complexity index is 1390. The third-order valence-electron chi connectivity index (χ3n) is 8.29. The van der Waals surface area contributed by atoms with E-state index in [2.05, 4.69) is 48.3 Å². The fourth-order valence-electron chi connectivity index (χ4n) is 5.84. The van der Waals surface area contributed by atoms with Crippen molar-refractivity contribution in [1.82, 2.24) is 9.21 Å². The van der Waals surface area contributed by atoms with E-state index in [-0.39, 0.29) is 24.4 Å². The Morgan fingerprint density at radius 1 is 1.07 bits per heavy atom. The molecule has 2 unspecified atom stereocenters. The second kappa shape index (κ2) is 12.5. The van der Waals surface area contributed by atoms with E-state index in [0.29, 0.717) is 30.3 Å². The Morgan fingerprint density at radius 2 is 1.83 bits per heavy atom. The lowest BCUT2D eigenvalue weighted by Crippen LogP contribution is -2.34. The van der Waals surface area contributed by atoms with Gasteiger partial charge >= 0.3 is 5.97 Å². The summed E-state index contributed by atoms with van der Waals surface area (Å²) in [4.78, 5) is 15.5. The molecular weight excluding hydrogens is 536 g/mol. The molecule has 2 aliphatic rings. The van der Waals surface area contributed by atoms with Crippen molar-refractivity contribution in [3.63, 3.8) is 0 Å². The van der Waals surface area contributed by atoms with E-state index >= 15 is 0 Å². The van der Waals surface area contributed by atoms with Crippen LogP contribution in [-0.4, -0.2) is 57.1 Å². The zero-order chi connectivity index (χ0) is 29.1. The number of likely N-dealkylation sites (N-methyl/N-ethyl adjacent to an activating group) is 1. The largest absolute Gasteiger partial charge is 0.487 e. The molecule has 0 amide bonds. The highest BCUT2D eigenvalue weighted by Gasteiger charge is 2.35. The molecule has 0 saturated carbocycles. The predicted molar refractivity (Wildman–Crippen MR) is 163 cm³/mol. The molecule has 0 bridgehead atoms. The summed E-state index contributed by atoms with van der Waals surface area (Å²) >= 11 is 0. The SMILES string of the molecule is CCOC(=O)CC(c1ccc(C)c(CN2CC(CC)Oc3ccccc3S2(O)O)c1)c1ccc2c(c1)CCN(C)C2. The number of esters is 1. The van der Waals surface area contributed by atoms with Gasteiger partial charge < -0.3 is 14.4 Å². The maximum atomic E-state index is 12.8. The van der Waals surface area contributed by atoms with Gasteiger partial charge in [-0.3, -0.25) is 13.9 Å². The Kier molecular flexibility index (Phi) is 9.06. The van der Waals surface area contributed by atoms with E-state index < -0.39 is 10.8 Å². The number of hydrogen-bond acceptors (Lipinski definition) is 7. The molecule has 0 aromatic heterocycles. The number of para-hydroxylation sites is 1. The summed E-state index contributed by atoms with van der Waals surface area (Å²) in [6.07, 6.45) is 1.81. The Morgan fingerprint density at radius 3 is 2.61 bits per heavy atom. The number of ether oxygens (including phenoxy) is 2. The highest BCUT2D eigenvalue weighted by Crippen LogP contribution is 2.57. The van der Waals surface area contributed by atoms with Gasteiger partial charge in [0.1, 0.15) is 16.7 Å². The minimum absolute atomic E-state index is 0.167. The average Bonchev–Trinajstić information content (AvgIpc) is 3.06. The number of benzene rings is 3. The zero-order valence-corrected chi connectivity index (χ0v) is 25.3. The Labute approximate surface area is 245 Å². The summed E-state index contributed by atoms with van der Waals surface area (Å²) in [5, 5.41) is 0. The number of hydrogen-bond donors (Lipinski definition) is 2. The highest BCUT2D eigenvalue weighted by molar-refractivity contribution is 8.22. The van der Waals surface area contributed by atoms with Crippen LogP contribution in [0.25, 0.3) is 0 Å². The van der Waals surface area contributed by atoms with Crippen molar-refractivity contribution in [2.24, 2.45) is 0 Å². The fourth-order valence-corrected chi connectivity index (χ4v) is 7.46. The standard InChI is InChI=1S/C33H42N2O5S/c1-5-29-22-35(41(37,38)32-10-8-7-9-31(32)40-29)21-28-18-25(12-11-23(28)3)30(19-33(36)39-6-2)26-13-14-27-20-34(4)16-15-24(27)17-26/h7-14,17-18,29-30,37-38H,5-6,15-16,19-22H2,1-4H3. The summed E-state index contributed by atoms with van der Waals surface area (Å²) in [6, 6.07) is 20.1. The van der Waals surface area contributed by atoms with E-state index in [1.807, 2.05) is 32.9 Å². The normalized spacial score (nSPS) is 20.2. The van der Waals surface area contributed by atoms with Crippen molar-refractivity contribution < 1.29 is 23.4 Å². The fraction of sp³-hybridized carbons (Fsp3) is 0.424. The van der Waals surface area contributed by atoms with E-state index in [1.165, 1.54) is 11.1 Å². The third-order valence-corrected chi connectivity index (χ3v) is 10.2. The van der Waals surface area contributed by atoms with Crippen molar-refractivity contribution in [1.29, 1.82) is 0 Å². The molecule has 0 aliphatic carbocycles. The molecule has 5 rings (SSSR count).